The van der Waals surface area contributed by atoms with Crippen molar-refractivity contribution in [3.05, 3.63) is 110 Å². The number of carbonyl (C=O) groups excluding carboxylic acids is 1. The predicted octanol–water partition coefficient (Wildman–Crippen LogP) is 5.38. The second-order valence-corrected chi connectivity index (χ2v) is 10.9. The van der Waals surface area contributed by atoms with Gasteiger partial charge in [-0.25, -0.2) is 4.99 Å². The van der Waals surface area contributed by atoms with Crippen molar-refractivity contribution in [2.45, 2.75) is 31.0 Å². The number of aliphatic hydroxyl groups excluding tert-OH is 1. The maximum atomic E-state index is 14.7. The van der Waals surface area contributed by atoms with Gasteiger partial charge in [0.15, 0.2) is 11.6 Å². The molecule has 11 heteroatoms. The molecule has 0 unspecified atom stereocenters. The highest BCUT2D eigenvalue weighted by Gasteiger charge is 2.55. The van der Waals surface area contributed by atoms with Crippen molar-refractivity contribution in [3.63, 3.8) is 0 Å². The van der Waals surface area contributed by atoms with Crippen LogP contribution in [0.3, 0.4) is 0 Å². The zero-order valence-corrected chi connectivity index (χ0v) is 24.6. The highest BCUT2D eigenvalue weighted by Crippen LogP contribution is 2.46. The lowest BCUT2D eigenvalue weighted by Gasteiger charge is -2.37. The summed E-state index contributed by atoms with van der Waals surface area (Å²) in [6, 6.07) is 22.7. The molecule has 42 heavy (non-hydrogen) atoms. The molecule has 1 N–H and O–H groups in total. The van der Waals surface area contributed by atoms with E-state index in [4.69, 9.17) is 29.8 Å². The van der Waals surface area contributed by atoms with Gasteiger partial charge < -0.3 is 24.2 Å². The maximum absolute atomic E-state index is 14.7. The third-order valence-electron chi connectivity index (χ3n) is 7.38. The summed E-state index contributed by atoms with van der Waals surface area (Å²) in [7, 11) is 0. The molecule has 0 bridgehead atoms. The van der Waals surface area contributed by atoms with Crippen LogP contribution >= 0.6 is 15.9 Å². The molecule has 0 saturated carbocycles. The number of amides is 1. The number of halogens is 1. The summed E-state index contributed by atoms with van der Waals surface area (Å²) in [5, 5.41) is 12.8. The van der Waals surface area contributed by atoms with Crippen molar-refractivity contribution < 1.29 is 24.1 Å². The molecule has 10 nitrogen and oxygen atoms in total. The number of hydrogen-bond acceptors (Lipinski definition) is 7. The lowest BCUT2D eigenvalue weighted by molar-refractivity contribution is -0.143. The fourth-order valence-electron chi connectivity index (χ4n) is 5.26. The van der Waals surface area contributed by atoms with E-state index in [1.807, 2.05) is 72.8 Å². The Bertz CT molecular complexity index is 1470. The first kappa shape index (κ1) is 29.6. The first-order valence-corrected chi connectivity index (χ1v) is 14.6. The standard InChI is InChI=1S/C31H32BrN5O5/c32-27-9-4-3-8-26(27)28-31(30(39)37-14-18-40-19-15-37,20-23-6-1-2-7-24(23)21-34-36-33)35-29(42-28)22-10-12-25(13-11-22)41-17-5-16-38/h1-4,6-13,28,38H,5,14-21H2/t28-,31-/m1/s1. The number of hydrogen-bond donors (Lipinski definition) is 1. The Morgan fingerprint density at radius 2 is 1.81 bits per heavy atom. The van der Waals surface area contributed by atoms with E-state index in [1.165, 1.54) is 0 Å². The van der Waals surface area contributed by atoms with Crippen LogP contribution in [0.1, 0.15) is 34.8 Å². The highest BCUT2D eigenvalue weighted by atomic mass is 79.9. The molecule has 218 valence electrons. The van der Waals surface area contributed by atoms with Gasteiger partial charge in [-0.1, -0.05) is 63.5 Å². The van der Waals surface area contributed by atoms with E-state index in [0.29, 0.717) is 56.5 Å². The van der Waals surface area contributed by atoms with Crippen LogP contribution in [0.15, 0.2) is 87.4 Å². The van der Waals surface area contributed by atoms with Gasteiger partial charge in [-0.3, -0.25) is 4.79 Å². The Morgan fingerprint density at radius 3 is 2.52 bits per heavy atom. The Hall–Kier alpha value is -3.89. The molecule has 0 aromatic heterocycles. The summed E-state index contributed by atoms with van der Waals surface area (Å²) >= 11 is 3.69. The van der Waals surface area contributed by atoms with Crippen molar-refractivity contribution in [3.8, 4) is 5.75 Å². The summed E-state index contributed by atoms with van der Waals surface area (Å²) in [5.74, 6) is 0.867. The number of rotatable bonds is 11. The summed E-state index contributed by atoms with van der Waals surface area (Å²) in [6.45, 7) is 2.43. The molecular weight excluding hydrogens is 602 g/mol. The molecule has 2 heterocycles. The van der Waals surface area contributed by atoms with Crippen molar-refractivity contribution in [1.82, 2.24) is 4.90 Å². The zero-order chi connectivity index (χ0) is 29.4. The Morgan fingerprint density at radius 1 is 1.10 bits per heavy atom. The van der Waals surface area contributed by atoms with Gasteiger partial charge in [-0.05, 0) is 47.0 Å². The van der Waals surface area contributed by atoms with Crippen LogP contribution in [-0.2, 0) is 27.2 Å². The normalized spacial score (nSPS) is 19.9. The minimum Gasteiger partial charge on any atom is -0.494 e. The van der Waals surface area contributed by atoms with Gasteiger partial charge in [-0.15, -0.1) is 0 Å². The Labute approximate surface area is 252 Å². The second kappa shape index (κ2) is 13.8. The summed E-state index contributed by atoms with van der Waals surface area (Å²) in [5.41, 5.74) is 10.8. The van der Waals surface area contributed by atoms with Crippen molar-refractivity contribution in [1.29, 1.82) is 0 Å². The number of morpholine rings is 1. The largest absolute Gasteiger partial charge is 0.494 e. The van der Waals surface area contributed by atoms with Crippen LogP contribution in [-0.4, -0.2) is 66.9 Å². The lowest BCUT2D eigenvalue weighted by atomic mass is 9.80. The van der Waals surface area contributed by atoms with Crippen LogP contribution in [0.2, 0.25) is 0 Å². The molecule has 2 aliphatic heterocycles. The van der Waals surface area contributed by atoms with Crippen molar-refractivity contribution in [2.75, 3.05) is 39.5 Å². The maximum Gasteiger partial charge on any atom is 0.255 e. The molecule has 3 aromatic rings. The fourth-order valence-corrected chi connectivity index (χ4v) is 5.75. The number of benzene rings is 3. The van der Waals surface area contributed by atoms with E-state index >= 15 is 0 Å². The molecule has 5 rings (SSSR count). The van der Waals surface area contributed by atoms with E-state index in [9.17, 15) is 4.79 Å². The Kier molecular flexibility index (Phi) is 9.76. The molecule has 2 atom stereocenters. The van der Waals surface area contributed by atoms with Crippen LogP contribution < -0.4 is 4.74 Å². The van der Waals surface area contributed by atoms with E-state index < -0.39 is 11.6 Å². The minimum absolute atomic E-state index is 0.0599. The van der Waals surface area contributed by atoms with Crippen LogP contribution in [0.5, 0.6) is 5.75 Å². The van der Waals surface area contributed by atoms with Crippen LogP contribution in [0.25, 0.3) is 10.4 Å². The average Bonchev–Trinajstić information content (AvgIpc) is 3.41. The SMILES string of the molecule is [N-]=[N+]=NCc1ccccc1C[C@@]1(C(=O)N2CCOCC2)N=C(c2ccc(OCCCO)cc2)O[C@@H]1c1ccccc1Br. The van der Waals surface area contributed by atoms with Crippen LogP contribution in [0.4, 0.5) is 0 Å². The van der Waals surface area contributed by atoms with E-state index in [2.05, 4.69) is 26.0 Å². The molecule has 0 aliphatic carbocycles. The van der Waals surface area contributed by atoms with Gasteiger partial charge in [0.2, 0.25) is 5.90 Å². The van der Waals surface area contributed by atoms with Gasteiger partial charge in [0.25, 0.3) is 5.91 Å². The quantitative estimate of drug-likeness (QED) is 0.131. The minimum atomic E-state index is -1.35. The van der Waals surface area contributed by atoms with Gasteiger partial charge in [0.05, 0.1) is 26.4 Å². The molecule has 2 aliphatic rings. The molecule has 1 saturated heterocycles. The topological polar surface area (TPSA) is 129 Å². The molecule has 1 fully saturated rings. The summed E-state index contributed by atoms with van der Waals surface area (Å²) in [6.07, 6.45) is 0.0304. The van der Waals surface area contributed by atoms with E-state index in [1.54, 1.807) is 4.90 Å². The third-order valence-corrected chi connectivity index (χ3v) is 8.10. The fraction of sp³-hybridized carbons (Fsp3) is 0.355. The van der Waals surface area contributed by atoms with E-state index in [-0.39, 0.29) is 25.5 Å². The first-order chi connectivity index (χ1) is 20.6. The number of ether oxygens (including phenoxy) is 3. The van der Waals surface area contributed by atoms with Crippen molar-refractivity contribution in [2.24, 2.45) is 10.1 Å². The second-order valence-electron chi connectivity index (χ2n) is 10.0. The molecule has 0 radical (unpaired) electrons. The summed E-state index contributed by atoms with van der Waals surface area (Å²) in [4.78, 5) is 24.6. The van der Waals surface area contributed by atoms with Gasteiger partial charge >= 0.3 is 0 Å². The zero-order valence-electron chi connectivity index (χ0n) is 23.1. The first-order valence-electron chi connectivity index (χ1n) is 13.9. The number of nitrogens with zero attached hydrogens (tertiary/aromatic N) is 5. The highest BCUT2D eigenvalue weighted by molar-refractivity contribution is 9.10. The average molecular weight is 635 g/mol. The van der Waals surface area contributed by atoms with Gasteiger partial charge in [0.1, 0.15) is 5.75 Å². The monoisotopic (exact) mass is 633 g/mol. The predicted molar refractivity (Wildman–Crippen MR) is 161 cm³/mol. The smallest absolute Gasteiger partial charge is 0.255 e. The summed E-state index contributed by atoms with van der Waals surface area (Å²) < 4.78 is 18.7. The number of carbonyl (C=O) groups is 1. The molecule has 3 aromatic carbocycles. The van der Waals surface area contributed by atoms with Gasteiger partial charge in [-0.2, -0.15) is 0 Å². The molecule has 1 amide bonds. The number of azide groups is 1. The third kappa shape index (κ3) is 6.44. The van der Waals surface area contributed by atoms with E-state index in [0.717, 1.165) is 21.2 Å². The van der Waals surface area contributed by atoms with Gasteiger partial charge in [0, 0.05) is 53.0 Å². The number of aliphatic hydroxyl groups is 1. The Balaban J connectivity index is 1.62. The van der Waals surface area contributed by atoms with Crippen molar-refractivity contribution >= 4 is 27.7 Å². The molecular formula is C31H32BrN5O5. The number of aliphatic imine (C=N–C) groups is 1. The lowest BCUT2D eigenvalue weighted by Crippen LogP contribution is -2.54. The molecule has 0 spiro atoms. The van der Waals surface area contributed by atoms with Crippen LogP contribution in [0, 0.1) is 0 Å².